The fourth-order valence-electron chi connectivity index (χ4n) is 2.95. The Labute approximate surface area is 140 Å². The van der Waals surface area contributed by atoms with E-state index in [1.165, 1.54) is 6.08 Å². The molecule has 0 amide bonds. The standard InChI is InChI=1S/C19H18ClNO2/c1-19(2)10-16-15(18(23)11-19)9-14(21-16)7-8-17(22)12-3-5-13(20)6-4-12/h3-9,21H,10-11H2,1-2H3/b8-7+. The predicted molar refractivity (Wildman–Crippen MR) is 92.0 cm³/mol. The highest BCUT2D eigenvalue weighted by atomic mass is 35.5. The smallest absolute Gasteiger partial charge is 0.185 e. The minimum atomic E-state index is -0.0964. The fraction of sp³-hybridized carbons (Fsp3) is 0.263. The maximum absolute atomic E-state index is 12.2. The number of aromatic nitrogens is 1. The van der Waals surface area contributed by atoms with Crippen LogP contribution in [-0.2, 0) is 6.42 Å². The first kappa shape index (κ1) is 15.8. The monoisotopic (exact) mass is 327 g/mol. The van der Waals surface area contributed by atoms with Gasteiger partial charge in [0, 0.05) is 34.0 Å². The molecule has 0 atom stereocenters. The van der Waals surface area contributed by atoms with E-state index in [0.717, 1.165) is 23.4 Å². The van der Waals surface area contributed by atoms with Gasteiger partial charge in [0.25, 0.3) is 0 Å². The Hall–Kier alpha value is -2.13. The van der Waals surface area contributed by atoms with E-state index >= 15 is 0 Å². The molecule has 0 spiro atoms. The molecule has 0 fully saturated rings. The zero-order chi connectivity index (χ0) is 16.6. The van der Waals surface area contributed by atoms with Crippen LogP contribution in [0.2, 0.25) is 5.02 Å². The van der Waals surface area contributed by atoms with Crippen molar-refractivity contribution in [1.29, 1.82) is 0 Å². The summed E-state index contributed by atoms with van der Waals surface area (Å²) in [6.07, 6.45) is 4.63. The van der Waals surface area contributed by atoms with Crippen LogP contribution >= 0.6 is 11.6 Å². The molecule has 1 aromatic heterocycles. The van der Waals surface area contributed by atoms with Gasteiger partial charge in [-0.15, -0.1) is 0 Å². The van der Waals surface area contributed by atoms with Crippen molar-refractivity contribution in [2.45, 2.75) is 26.7 Å². The van der Waals surface area contributed by atoms with Gasteiger partial charge >= 0.3 is 0 Å². The van der Waals surface area contributed by atoms with Gasteiger partial charge in [-0.1, -0.05) is 25.4 Å². The van der Waals surface area contributed by atoms with E-state index in [1.807, 2.05) is 6.07 Å². The molecule has 0 radical (unpaired) electrons. The van der Waals surface area contributed by atoms with Crippen molar-refractivity contribution >= 4 is 29.2 Å². The summed E-state index contributed by atoms with van der Waals surface area (Å²) in [4.78, 5) is 27.6. The Kier molecular flexibility index (Phi) is 3.99. The van der Waals surface area contributed by atoms with E-state index in [1.54, 1.807) is 30.3 Å². The lowest BCUT2D eigenvalue weighted by molar-refractivity contribution is 0.0911. The van der Waals surface area contributed by atoms with Gasteiger partial charge < -0.3 is 4.98 Å². The summed E-state index contributed by atoms with van der Waals surface area (Å²) in [6, 6.07) is 8.60. The van der Waals surface area contributed by atoms with Crippen LogP contribution < -0.4 is 0 Å². The molecule has 118 valence electrons. The molecule has 0 unspecified atom stereocenters. The van der Waals surface area contributed by atoms with Crippen LogP contribution in [0, 0.1) is 5.41 Å². The number of hydrogen-bond donors (Lipinski definition) is 1. The highest BCUT2D eigenvalue weighted by Crippen LogP contribution is 2.34. The fourth-order valence-corrected chi connectivity index (χ4v) is 3.07. The normalized spacial score (nSPS) is 16.6. The van der Waals surface area contributed by atoms with Crippen LogP contribution in [-0.4, -0.2) is 16.6 Å². The summed E-state index contributed by atoms with van der Waals surface area (Å²) in [6.45, 7) is 4.18. The Morgan fingerprint density at radius 2 is 1.91 bits per heavy atom. The molecule has 2 aromatic rings. The minimum Gasteiger partial charge on any atom is -0.358 e. The van der Waals surface area contributed by atoms with E-state index in [2.05, 4.69) is 18.8 Å². The van der Waals surface area contributed by atoms with Crippen LogP contribution in [0.1, 0.15) is 52.4 Å². The number of ketones is 2. The second-order valence-electron chi connectivity index (χ2n) is 6.76. The molecule has 0 saturated heterocycles. The number of benzene rings is 1. The van der Waals surface area contributed by atoms with Gasteiger partial charge in [-0.3, -0.25) is 9.59 Å². The van der Waals surface area contributed by atoms with Crippen LogP contribution in [0.3, 0.4) is 0 Å². The lowest BCUT2D eigenvalue weighted by atomic mass is 9.76. The molecule has 3 rings (SSSR count). The predicted octanol–water partition coefficient (Wildman–Crippen LogP) is 4.72. The molecule has 0 aliphatic heterocycles. The SMILES string of the molecule is CC1(C)CC(=O)c2cc(/C=C/C(=O)c3ccc(Cl)cc3)[nH]c2C1. The van der Waals surface area contributed by atoms with Crippen molar-refractivity contribution in [3.8, 4) is 0 Å². The van der Waals surface area contributed by atoms with E-state index in [-0.39, 0.29) is 17.0 Å². The number of halogens is 1. The Balaban J connectivity index is 1.80. The Bertz CT molecular complexity index is 797. The number of rotatable bonds is 3. The van der Waals surface area contributed by atoms with Gasteiger partial charge in [0.2, 0.25) is 0 Å². The molecule has 3 nitrogen and oxygen atoms in total. The average Bonchev–Trinajstić information content (AvgIpc) is 2.87. The van der Waals surface area contributed by atoms with E-state index in [4.69, 9.17) is 11.6 Å². The average molecular weight is 328 g/mol. The van der Waals surface area contributed by atoms with Gasteiger partial charge in [-0.2, -0.15) is 0 Å². The molecule has 1 aliphatic rings. The number of Topliss-reactive ketones (excluding diaryl/α,β-unsaturated/α-hetero) is 1. The first-order valence-electron chi connectivity index (χ1n) is 7.57. The summed E-state index contributed by atoms with van der Waals surface area (Å²) in [5, 5.41) is 0.601. The lowest BCUT2D eigenvalue weighted by Gasteiger charge is -2.27. The summed E-state index contributed by atoms with van der Waals surface area (Å²) < 4.78 is 0. The van der Waals surface area contributed by atoms with Crippen molar-refractivity contribution in [3.05, 3.63) is 63.9 Å². The van der Waals surface area contributed by atoms with Crippen molar-refractivity contribution in [2.75, 3.05) is 0 Å². The third kappa shape index (κ3) is 3.45. The molecule has 1 N–H and O–H groups in total. The zero-order valence-electron chi connectivity index (χ0n) is 13.2. The second-order valence-corrected chi connectivity index (χ2v) is 7.20. The zero-order valence-corrected chi connectivity index (χ0v) is 13.9. The van der Waals surface area contributed by atoms with Crippen LogP contribution in [0.4, 0.5) is 0 Å². The number of aromatic amines is 1. The molecule has 23 heavy (non-hydrogen) atoms. The second kappa shape index (κ2) is 5.82. The molecule has 1 heterocycles. The Morgan fingerprint density at radius 1 is 1.22 bits per heavy atom. The molecule has 4 heteroatoms. The summed E-state index contributed by atoms with van der Waals surface area (Å²) in [7, 11) is 0. The molecule has 0 saturated carbocycles. The van der Waals surface area contributed by atoms with Gasteiger partial charge in [-0.25, -0.2) is 0 Å². The number of allylic oxidation sites excluding steroid dienone is 1. The summed E-state index contributed by atoms with van der Waals surface area (Å²) >= 11 is 5.82. The minimum absolute atomic E-state index is 0.0188. The maximum Gasteiger partial charge on any atom is 0.185 e. The van der Waals surface area contributed by atoms with Gasteiger partial charge in [0.1, 0.15) is 0 Å². The third-order valence-electron chi connectivity index (χ3n) is 4.06. The third-order valence-corrected chi connectivity index (χ3v) is 4.31. The van der Waals surface area contributed by atoms with Crippen LogP contribution in [0.15, 0.2) is 36.4 Å². The van der Waals surface area contributed by atoms with Gasteiger partial charge in [-0.05, 0) is 54.3 Å². The van der Waals surface area contributed by atoms with Crippen molar-refractivity contribution in [2.24, 2.45) is 5.41 Å². The maximum atomic E-state index is 12.2. The van der Waals surface area contributed by atoms with Gasteiger partial charge in [0.05, 0.1) is 0 Å². The number of fused-ring (bicyclic) bond motifs is 1. The van der Waals surface area contributed by atoms with E-state index in [9.17, 15) is 9.59 Å². The highest BCUT2D eigenvalue weighted by molar-refractivity contribution is 6.30. The van der Waals surface area contributed by atoms with Crippen molar-refractivity contribution < 1.29 is 9.59 Å². The van der Waals surface area contributed by atoms with Crippen LogP contribution in [0.25, 0.3) is 6.08 Å². The number of carbonyl (C=O) groups is 2. The lowest BCUT2D eigenvalue weighted by Crippen LogP contribution is -2.26. The highest BCUT2D eigenvalue weighted by Gasteiger charge is 2.32. The Morgan fingerprint density at radius 3 is 2.61 bits per heavy atom. The largest absolute Gasteiger partial charge is 0.358 e. The molecular weight excluding hydrogens is 310 g/mol. The molecule has 1 aliphatic carbocycles. The first-order chi connectivity index (χ1) is 10.8. The topological polar surface area (TPSA) is 49.9 Å². The summed E-state index contributed by atoms with van der Waals surface area (Å²) in [5.74, 6) is 0.0667. The van der Waals surface area contributed by atoms with Crippen LogP contribution in [0.5, 0.6) is 0 Å². The molecular formula is C19H18ClNO2. The van der Waals surface area contributed by atoms with Gasteiger partial charge in [0.15, 0.2) is 11.6 Å². The number of carbonyl (C=O) groups excluding carboxylic acids is 2. The van der Waals surface area contributed by atoms with E-state index in [0.29, 0.717) is 17.0 Å². The number of nitrogens with one attached hydrogen (secondary N) is 1. The van der Waals surface area contributed by atoms with Crippen molar-refractivity contribution in [1.82, 2.24) is 4.98 Å². The van der Waals surface area contributed by atoms with Crippen molar-refractivity contribution in [3.63, 3.8) is 0 Å². The summed E-state index contributed by atoms with van der Waals surface area (Å²) in [5.41, 5.74) is 3.06. The van der Waals surface area contributed by atoms with E-state index < -0.39 is 0 Å². The molecule has 1 aromatic carbocycles. The number of H-pyrrole nitrogens is 1. The molecule has 0 bridgehead atoms. The quantitative estimate of drug-likeness (QED) is 0.655. The first-order valence-corrected chi connectivity index (χ1v) is 7.95. The number of hydrogen-bond acceptors (Lipinski definition) is 2.